The molecule has 1 saturated carbocycles. The Morgan fingerprint density at radius 3 is 1.97 bits per heavy atom. The fourth-order valence-electron chi connectivity index (χ4n) is 5.10. The smallest absolute Gasteiger partial charge is 0.326 e. The van der Waals surface area contributed by atoms with Gasteiger partial charge in [0.05, 0.1) is 30.9 Å². The van der Waals surface area contributed by atoms with E-state index < -0.39 is 41.0 Å². The van der Waals surface area contributed by atoms with Crippen molar-refractivity contribution < 1.29 is 33.4 Å². The Hall–Kier alpha value is -2.74. The normalized spacial score (nSPS) is 24.5. The number of carbonyl (C=O) groups excluding carboxylic acids is 4. The minimum atomic E-state index is -1.73. The van der Waals surface area contributed by atoms with Gasteiger partial charge in [-0.3, -0.25) is 19.2 Å². The molecule has 154 valence electrons. The molecule has 0 unspecified atom stereocenters. The number of ether oxygens (including phenoxy) is 3. The van der Waals surface area contributed by atoms with Crippen molar-refractivity contribution in [3.05, 3.63) is 35.4 Å². The van der Waals surface area contributed by atoms with Gasteiger partial charge in [-0.05, 0) is 25.0 Å². The number of fused-ring (bicyclic) bond motifs is 1. The maximum atomic E-state index is 13.0. The zero-order valence-corrected chi connectivity index (χ0v) is 16.4. The number of rotatable bonds is 3. The first-order chi connectivity index (χ1) is 13.9. The van der Waals surface area contributed by atoms with Gasteiger partial charge >= 0.3 is 11.9 Å². The fourth-order valence-corrected chi connectivity index (χ4v) is 5.10. The second-order valence-electron chi connectivity index (χ2n) is 7.75. The summed E-state index contributed by atoms with van der Waals surface area (Å²) in [6, 6.07) is 6.52. The molecule has 1 atom stereocenters. The summed E-state index contributed by atoms with van der Waals surface area (Å²) in [6.45, 7) is 0. The third kappa shape index (κ3) is 2.55. The summed E-state index contributed by atoms with van der Waals surface area (Å²) in [6.07, 6.45) is 2.10. The number of benzene rings is 1. The van der Waals surface area contributed by atoms with E-state index in [9.17, 15) is 19.2 Å². The number of hydrogen-bond acceptors (Lipinski definition) is 7. The highest BCUT2D eigenvalue weighted by Gasteiger charge is 2.71. The summed E-state index contributed by atoms with van der Waals surface area (Å²) in [5.41, 5.74) is -2.33. The second kappa shape index (κ2) is 6.95. The van der Waals surface area contributed by atoms with Crippen molar-refractivity contribution in [1.29, 1.82) is 0 Å². The van der Waals surface area contributed by atoms with Crippen LogP contribution in [0.2, 0.25) is 0 Å². The molecule has 2 aliphatic heterocycles. The Morgan fingerprint density at radius 2 is 1.48 bits per heavy atom. The van der Waals surface area contributed by atoms with Crippen LogP contribution in [0.25, 0.3) is 0 Å². The zero-order valence-electron chi connectivity index (χ0n) is 16.4. The molecule has 29 heavy (non-hydrogen) atoms. The van der Waals surface area contributed by atoms with E-state index in [1.165, 1.54) is 14.2 Å². The van der Waals surface area contributed by atoms with Gasteiger partial charge in [0.15, 0.2) is 5.41 Å². The van der Waals surface area contributed by atoms with Crippen molar-refractivity contribution in [2.24, 2.45) is 5.41 Å². The molecule has 2 heterocycles. The molecule has 0 N–H and O–H groups in total. The van der Waals surface area contributed by atoms with Crippen molar-refractivity contribution in [2.45, 2.75) is 50.4 Å². The third-order valence-corrected chi connectivity index (χ3v) is 6.46. The molecule has 1 spiro atoms. The molecule has 8 heteroatoms. The van der Waals surface area contributed by atoms with Crippen LogP contribution < -0.4 is 0 Å². The first-order valence-electron chi connectivity index (χ1n) is 9.73. The summed E-state index contributed by atoms with van der Waals surface area (Å²) in [5, 5.41) is 0. The van der Waals surface area contributed by atoms with Crippen LogP contribution in [-0.4, -0.2) is 54.7 Å². The lowest BCUT2D eigenvalue weighted by Gasteiger charge is -2.42. The summed E-state index contributed by atoms with van der Waals surface area (Å²) in [7, 11) is 2.41. The Labute approximate surface area is 168 Å². The monoisotopic (exact) mass is 401 g/mol. The lowest BCUT2D eigenvalue weighted by molar-refractivity contribution is -0.189. The molecular weight excluding hydrogens is 378 g/mol. The van der Waals surface area contributed by atoms with Gasteiger partial charge in [0, 0.05) is 6.42 Å². The molecule has 2 fully saturated rings. The molecule has 8 nitrogen and oxygen atoms in total. The minimum absolute atomic E-state index is 0.183. The highest BCUT2D eigenvalue weighted by Crippen LogP contribution is 2.56. The maximum absolute atomic E-state index is 13.0. The van der Waals surface area contributed by atoms with Gasteiger partial charge in [0.1, 0.15) is 6.23 Å². The molecule has 1 aliphatic carbocycles. The first kappa shape index (κ1) is 19.6. The molecule has 1 aromatic carbocycles. The van der Waals surface area contributed by atoms with E-state index >= 15 is 0 Å². The van der Waals surface area contributed by atoms with Crippen LogP contribution in [0.4, 0.5) is 0 Å². The predicted molar refractivity (Wildman–Crippen MR) is 98.7 cm³/mol. The van der Waals surface area contributed by atoms with Crippen LogP contribution in [0, 0.1) is 5.41 Å². The molecule has 0 bridgehead atoms. The largest absolute Gasteiger partial charge is 0.468 e. The number of imide groups is 1. The molecule has 2 amide bonds. The quantitative estimate of drug-likeness (QED) is 0.434. The number of hydrogen-bond donors (Lipinski definition) is 0. The molecule has 3 aliphatic rings. The number of nitrogens with zero attached hydrogens (tertiary/aromatic N) is 1. The molecule has 0 aromatic heterocycles. The second-order valence-corrected chi connectivity index (χ2v) is 7.75. The number of amides is 2. The molecular formula is C21H23NO7. The maximum Gasteiger partial charge on any atom is 0.326 e. The molecule has 1 saturated heterocycles. The van der Waals surface area contributed by atoms with E-state index in [0.29, 0.717) is 12.8 Å². The summed E-state index contributed by atoms with van der Waals surface area (Å²) >= 11 is 0. The highest BCUT2D eigenvalue weighted by atomic mass is 16.6. The minimum Gasteiger partial charge on any atom is -0.468 e. The van der Waals surface area contributed by atoms with Crippen LogP contribution >= 0.6 is 0 Å². The zero-order chi connectivity index (χ0) is 20.8. The first-order valence-corrected chi connectivity index (χ1v) is 9.73. The average Bonchev–Trinajstić information content (AvgIpc) is 3.20. The molecule has 1 aromatic rings. The number of carbonyl (C=O) groups is 4. The van der Waals surface area contributed by atoms with Crippen molar-refractivity contribution in [3.8, 4) is 0 Å². The van der Waals surface area contributed by atoms with Crippen molar-refractivity contribution in [2.75, 3.05) is 14.2 Å². The van der Waals surface area contributed by atoms with Crippen LogP contribution in [0.5, 0.6) is 0 Å². The van der Waals surface area contributed by atoms with Crippen molar-refractivity contribution in [1.82, 2.24) is 4.90 Å². The molecule has 0 radical (unpaired) electrons. The van der Waals surface area contributed by atoms with Crippen molar-refractivity contribution in [3.63, 3.8) is 0 Å². The number of methoxy groups -OCH3 is 2. The van der Waals surface area contributed by atoms with E-state index in [-0.39, 0.29) is 17.5 Å². The summed E-state index contributed by atoms with van der Waals surface area (Å²) < 4.78 is 16.3. The SMILES string of the molecule is COC(=O)C1(C(=O)OC)C[C@H](N2C(=O)c3ccccc3C2=O)OC12CCCCC2. The Kier molecular flexibility index (Phi) is 4.69. The third-order valence-electron chi connectivity index (χ3n) is 6.46. The van der Waals surface area contributed by atoms with Gasteiger partial charge in [-0.1, -0.05) is 31.4 Å². The Bertz CT molecular complexity index is 836. The summed E-state index contributed by atoms with van der Waals surface area (Å²) in [4.78, 5) is 52.8. The topological polar surface area (TPSA) is 99.2 Å². The Balaban J connectivity index is 1.79. The number of esters is 2. The lowest BCUT2D eigenvalue weighted by atomic mass is 9.64. The van der Waals surface area contributed by atoms with Crippen LogP contribution in [-0.2, 0) is 23.8 Å². The van der Waals surface area contributed by atoms with E-state index in [1.54, 1.807) is 24.3 Å². The molecule has 4 rings (SSSR count). The predicted octanol–water partition coefficient (Wildman–Crippen LogP) is 2.06. The van der Waals surface area contributed by atoms with Crippen LogP contribution in [0.1, 0.15) is 59.2 Å². The summed E-state index contributed by atoms with van der Waals surface area (Å²) in [5.74, 6) is -2.50. The van der Waals surface area contributed by atoms with Gasteiger partial charge in [-0.25, -0.2) is 4.90 Å². The van der Waals surface area contributed by atoms with E-state index in [0.717, 1.165) is 24.2 Å². The van der Waals surface area contributed by atoms with Gasteiger partial charge in [-0.15, -0.1) is 0 Å². The highest BCUT2D eigenvalue weighted by molar-refractivity contribution is 6.21. The van der Waals surface area contributed by atoms with E-state index in [4.69, 9.17) is 14.2 Å². The van der Waals surface area contributed by atoms with Gasteiger partial charge in [0.25, 0.3) is 11.8 Å². The van der Waals surface area contributed by atoms with Gasteiger partial charge < -0.3 is 14.2 Å². The average molecular weight is 401 g/mol. The fraction of sp³-hybridized carbons (Fsp3) is 0.524. The van der Waals surface area contributed by atoms with Crippen LogP contribution in [0.15, 0.2) is 24.3 Å². The van der Waals surface area contributed by atoms with E-state index in [2.05, 4.69) is 0 Å². The van der Waals surface area contributed by atoms with Crippen molar-refractivity contribution >= 4 is 23.8 Å². The van der Waals surface area contributed by atoms with Gasteiger partial charge in [0.2, 0.25) is 0 Å². The standard InChI is InChI=1S/C21H23NO7/c1-27-18(25)21(19(26)28-2)12-15(29-20(21)10-6-3-7-11-20)22-16(23)13-8-4-5-9-14(13)17(22)24/h4-5,8-9,15H,3,6-7,10-12H2,1-2H3/t15-/m1/s1. The lowest BCUT2D eigenvalue weighted by Crippen LogP contribution is -2.57. The van der Waals surface area contributed by atoms with Crippen LogP contribution in [0.3, 0.4) is 0 Å². The Morgan fingerprint density at radius 1 is 0.966 bits per heavy atom. The van der Waals surface area contributed by atoms with Gasteiger partial charge in [-0.2, -0.15) is 0 Å². The van der Waals surface area contributed by atoms with E-state index in [1.807, 2.05) is 0 Å².